The highest BCUT2D eigenvalue weighted by atomic mass is 19.4. The normalized spacial score (nSPS) is 12.2. The number of aryl methyl sites for hydroxylation is 2. The second kappa shape index (κ2) is 17.9. The van der Waals surface area contributed by atoms with Gasteiger partial charge in [-0.3, -0.25) is 9.97 Å². The first kappa shape index (κ1) is 37.0. The van der Waals surface area contributed by atoms with E-state index in [1.165, 1.54) is 50.2 Å². The molecular weight excluding hydrogens is 571 g/mol. The van der Waals surface area contributed by atoms with E-state index in [0.29, 0.717) is 22.7 Å². The van der Waals surface area contributed by atoms with Crippen molar-refractivity contribution in [2.75, 3.05) is 0 Å². The molecule has 0 amide bonds. The lowest BCUT2D eigenvalue weighted by atomic mass is 9.88. The van der Waals surface area contributed by atoms with E-state index in [-0.39, 0.29) is 11.4 Å². The number of rotatable bonds is 3. The zero-order valence-electron chi connectivity index (χ0n) is 27.8. The second-order valence-corrected chi connectivity index (χ2v) is 11.1. The molecule has 240 valence electrons. The number of aromatic nitrogens is 3. The average molecular weight is 618 g/mol. The molecular formula is C38H46F3N3O. The quantitative estimate of drug-likeness (QED) is 0.232. The molecule has 3 heterocycles. The van der Waals surface area contributed by atoms with Gasteiger partial charge >= 0.3 is 6.18 Å². The van der Waals surface area contributed by atoms with Crippen LogP contribution in [0.5, 0.6) is 5.75 Å². The Kier molecular flexibility index (Phi) is 14.8. The van der Waals surface area contributed by atoms with Gasteiger partial charge in [0.2, 0.25) is 0 Å². The van der Waals surface area contributed by atoms with E-state index in [9.17, 15) is 13.2 Å². The van der Waals surface area contributed by atoms with Crippen molar-refractivity contribution in [3.63, 3.8) is 0 Å². The summed E-state index contributed by atoms with van der Waals surface area (Å²) < 4.78 is 39.5. The van der Waals surface area contributed by atoms with Gasteiger partial charge in [-0.15, -0.1) is 0 Å². The maximum atomic E-state index is 13.2. The molecule has 0 saturated heterocycles. The van der Waals surface area contributed by atoms with Crippen molar-refractivity contribution in [3.8, 4) is 39.8 Å². The fourth-order valence-corrected chi connectivity index (χ4v) is 4.51. The third-order valence-corrected chi connectivity index (χ3v) is 7.25. The molecule has 1 fully saturated rings. The van der Waals surface area contributed by atoms with Crippen molar-refractivity contribution in [2.45, 2.75) is 93.2 Å². The van der Waals surface area contributed by atoms with Gasteiger partial charge in [-0.2, -0.15) is 13.2 Å². The lowest BCUT2D eigenvalue weighted by Crippen LogP contribution is -2.08. The van der Waals surface area contributed by atoms with Crippen molar-refractivity contribution in [2.24, 2.45) is 5.92 Å². The Balaban J connectivity index is 0.000000319. The largest absolute Gasteiger partial charge is 0.506 e. The van der Waals surface area contributed by atoms with Crippen LogP contribution in [0.15, 0.2) is 67.3 Å². The Morgan fingerprint density at radius 2 is 1.60 bits per heavy atom. The lowest BCUT2D eigenvalue weighted by Gasteiger charge is -2.18. The molecule has 0 aliphatic heterocycles. The minimum atomic E-state index is -4.41. The first-order chi connectivity index (χ1) is 21.4. The Hall–Kier alpha value is -4.18. The maximum Gasteiger partial charge on any atom is 0.418 e. The summed E-state index contributed by atoms with van der Waals surface area (Å²) in [5.41, 5.74) is 5.41. The van der Waals surface area contributed by atoms with E-state index in [1.807, 2.05) is 58.2 Å². The van der Waals surface area contributed by atoms with Crippen LogP contribution in [0.4, 0.5) is 13.2 Å². The topological polar surface area (TPSA) is 58.9 Å². The minimum Gasteiger partial charge on any atom is -0.506 e. The molecule has 0 bridgehead atoms. The SMILES string of the molecule is CC.CC1CCC1.CCC#Cc1ccc(O)cn1.Cc1cc(-c2cnc(C)c(C(F)(F)F)c2)ccc1-c1cnccc1C(C)C. The van der Waals surface area contributed by atoms with Crippen LogP contribution in [0.2, 0.25) is 0 Å². The van der Waals surface area contributed by atoms with Crippen LogP contribution < -0.4 is 0 Å². The molecule has 5 rings (SSSR count). The highest BCUT2D eigenvalue weighted by molar-refractivity contribution is 5.75. The zero-order valence-corrected chi connectivity index (χ0v) is 27.8. The van der Waals surface area contributed by atoms with Crippen molar-refractivity contribution in [1.82, 2.24) is 15.0 Å². The van der Waals surface area contributed by atoms with E-state index in [4.69, 9.17) is 5.11 Å². The lowest BCUT2D eigenvalue weighted by molar-refractivity contribution is -0.138. The predicted molar refractivity (Wildman–Crippen MR) is 179 cm³/mol. The number of benzene rings is 1. The first-order valence-corrected chi connectivity index (χ1v) is 15.6. The van der Waals surface area contributed by atoms with Crippen molar-refractivity contribution < 1.29 is 18.3 Å². The van der Waals surface area contributed by atoms with E-state index >= 15 is 0 Å². The summed E-state index contributed by atoms with van der Waals surface area (Å²) in [6, 6.07) is 12.1. The molecule has 7 heteroatoms. The Labute approximate surface area is 267 Å². The molecule has 1 aliphatic rings. The summed E-state index contributed by atoms with van der Waals surface area (Å²) in [4.78, 5) is 12.1. The molecule has 0 unspecified atom stereocenters. The molecule has 1 saturated carbocycles. The molecule has 1 aliphatic carbocycles. The molecule has 3 aromatic heterocycles. The Morgan fingerprint density at radius 1 is 0.911 bits per heavy atom. The smallest absolute Gasteiger partial charge is 0.418 e. The zero-order chi connectivity index (χ0) is 33.6. The van der Waals surface area contributed by atoms with Gasteiger partial charge in [-0.25, -0.2) is 4.98 Å². The monoisotopic (exact) mass is 617 g/mol. The highest BCUT2D eigenvalue weighted by Crippen LogP contribution is 2.36. The fourth-order valence-electron chi connectivity index (χ4n) is 4.51. The van der Waals surface area contributed by atoms with Gasteiger partial charge in [0.25, 0.3) is 0 Å². The molecule has 4 nitrogen and oxygen atoms in total. The third kappa shape index (κ3) is 11.4. The predicted octanol–water partition coefficient (Wildman–Crippen LogP) is 11.0. The summed E-state index contributed by atoms with van der Waals surface area (Å²) in [6.45, 7) is 15.9. The standard InChI is InChI=1S/C22H21F3N2.C9H9NO.C5H10.C2H6/c1-13(2)18-7-8-26-12-20(18)19-6-5-16(9-14(19)3)17-10-21(22(23,24)25)15(4)27-11-17;1-2-3-4-8-5-6-9(11)7-10-8;1-5-3-2-4-5;1-2/h5-13H,1-4H3;5-7,11H,2H2,1H3;5H,2-4H2,1H3;1-2H3. The van der Waals surface area contributed by atoms with Gasteiger partial charge < -0.3 is 5.11 Å². The minimum absolute atomic E-state index is 0.0171. The number of pyridine rings is 3. The van der Waals surface area contributed by atoms with Gasteiger partial charge in [0.15, 0.2) is 0 Å². The summed E-state index contributed by atoms with van der Waals surface area (Å²) >= 11 is 0. The first-order valence-electron chi connectivity index (χ1n) is 15.6. The van der Waals surface area contributed by atoms with Crippen LogP contribution in [-0.2, 0) is 6.18 Å². The summed E-state index contributed by atoms with van der Waals surface area (Å²) in [6.07, 6.45) is 7.36. The number of halogens is 3. The average Bonchev–Trinajstić information content (AvgIpc) is 3.01. The van der Waals surface area contributed by atoms with E-state index in [0.717, 1.165) is 29.0 Å². The van der Waals surface area contributed by atoms with Crippen LogP contribution >= 0.6 is 0 Å². The van der Waals surface area contributed by atoms with Gasteiger partial charge in [0.05, 0.1) is 11.8 Å². The Bertz CT molecular complexity index is 1550. The van der Waals surface area contributed by atoms with E-state index in [1.54, 1.807) is 18.3 Å². The molecule has 0 atom stereocenters. The molecule has 1 aromatic carbocycles. The van der Waals surface area contributed by atoms with Gasteiger partial charge in [0, 0.05) is 41.8 Å². The molecule has 1 N–H and O–H groups in total. The number of nitrogens with zero attached hydrogens (tertiary/aromatic N) is 3. The maximum absolute atomic E-state index is 13.2. The highest BCUT2D eigenvalue weighted by Gasteiger charge is 2.33. The van der Waals surface area contributed by atoms with Crippen molar-refractivity contribution in [3.05, 3.63) is 95.3 Å². The second-order valence-electron chi connectivity index (χ2n) is 11.1. The van der Waals surface area contributed by atoms with Gasteiger partial charge in [0.1, 0.15) is 11.4 Å². The number of aromatic hydroxyl groups is 1. The summed E-state index contributed by atoms with van der Waals surface area (Å²) in [7, 11) is 0. The number of hydrogen-bond acceptors (Lipinski definition) is 4. The van der Waals surface area contributed by atoms with Crippen LogP contribution in [0.1, 0.15) is 101 Å². The van der Waals surface area contributed by atoms with Gasteiger partial charge in [-0.05, 0) is 78.1 Å². The molecule has 0 spiro atoms. The Morgan fingerprint density at radius 3 is 2.11 bits per heavy atom. The third-order valence-electron chi connectivity index (χ3n) is 7.25. The summed E-state index contributed by atoms with van der Waals surface area (Å²) in [5, 5.41) is 8.87. The fraction of sp³-hybridized carbons (Fsp3) is 0.395. The van der Waals surface area contributed by atoms with Gasteiger partial charge in [-0.1, -0.05) is 84.9 Å². The van der Waals surface area contributed by atoms with Crippen LogP contribution in [0.3, 0.4) is 0 Å². The molecule has 45 heavy (non-hydrogen) atoms. The van der Waals surface area contributed by atoms with Crippen molar-refractivity contribution in [1.29, 1.82) is 0 Å². The van der Waals surface area contributed by atoms with E-state index < -0.39 is 11.7 Å². The van der Waals surface area contributed by atoms with Crippen LogP contribution in [-0.4, -0.2) is 20.1 Å². The van der Waals surface area contributed by atoms with Crippen LogP contribution in [0, 0.1) is 31.6 Å². The van der Waals surface area contributed by atoms with E-state index in [2.05, 4.69) is 47.6 Å². The number of hydrogen-bond donors (Lipinski definition) is 1. The number of alkyl halides is 3. The van der Waals surface area contributed by atoms with Crippen molar-refractivity contribution >= 4 is 0 Å². The molecule has 4 aromatic rings. The van der Waals surface area contributed by atoms with Crippen LogP contribution in [0.25, 0.3) is 22.3 Å². The summed E-state index contributed by atoms with van der Waals surface area (Å²) in [5.74, 6) is 7.32. The molecule has 0 radical (unpaired) electrons.